The van der Waals surface area contributed by atoms with E-state index in [4.69, 9.17) is 0 Å². The summed E-state index contributed by atoms with van der Waals surface area (Å²) in [5.41, 5.74) is 10.7. The van der Waals surface area contributed by atoms with Crippen molar-refractivity contribution in [3.05, 3.63) is 188 Å². The van der Waals surface area contributed by atoms with Gasteiger partial charge >= 0.3 is 0 Å². The first-order valence-corrected chi connectivity index (χ1v) is 18.9. The Hall–Kier alpha value is -6.00. The maximum atomic E-state index is 2.51. The number of benzene rings is 8. The molecule has 240 valence electrons. The van der Waals surface area contributed by atoms with Gasteiger partial charge in [0.15, 0.2) is 0 Å². The zero-order valence-corrected chi connectivity index (χ0v) is 29.3. The summed E-state index contributed by atoms with van der Waals surface area (Å²) in [6.45, 7) is 0. The molecule has 1 nitrogen and oxygen atoms in total. The van der Waals surface area contributed by atoms with Gasteiger partial charge in [-0.15, -0.1) is 22.7 Å². The van der Waals surface area contributed by atoms with E-state index in [-0.39, 0.29) is 0 Å². The predicted octanol–water partition coefficient (Wildman–Crippen LogP) is 14.9. The first kappa shape index (κ1) is 29.9. The Morgan fingerprint density at radius 3 is 1.53 bits per heavy atom. The van der Waals surface area contributed by atoms with Crippen molar-refractivity contribution in [2.24, 2.45) is 0 Å². The first-order valence-electron chi connectivity index (χ1n) is 17.3. The third-order valence-corrected chi connectivity index (χ3v) is 12.3. The Kier molecular flexibility index (Phi) is 7.26. The second-order valence-corrected chi connectivity index (χ2v) is 15.0. The Morgan fingerprint density at radius 1 is 0.314 bits per heavy atom. The maximum Gasteiger partial charge on any atom is 0.0718 e. The molecule has 2 aromatic heterocycles. The van der Waals surface area contributed by atoms with Gasteiger partial charge in [0.2, 0.25) is 0 Å². The number of fused-ring (bicyclic) bond motifs is 6. The number of para-hydroxylation sites is 1. The van der Waals surface area contributed by atoms with Crippen molar-refractivity contribution < 1.29 is 0 Å². The average molecular weight is 686 g/mol. The molecule has 0 saturated heterocycles. The normalized spacial score (nSPS) is 11.5. The highest BCUT2D eigenvalue weighted by molar-refractivity contribution is 7.26. The molecule has 0 spiro atoms. The second kappa shape index (κ2) is 12.4. The molecule has 0 unspecified atom stereocenters. The molecule has 0 aliphatic carbocycles. The van der Waals surface area contributed by atoms with Gasteiger partial charge in [-0.3, -0.25) is 0 Å². The number of rotatable bonds is 6. The smallest absolute Gasteiger partial charge is 0.0718 e. The highest BCUT2D eigenvalue weighted by atomic mass is 32.1. The largest absolute Gasteiger partial charge is 0.308 e. The summed E-state index contributed by atoms with van der Waals surface area (Å²) in [4.78, 5) is 2.51. The van der Waals surface area contributed by atoms with Crippen molar-refractivity contribution in [1.29, 1.82) is 0 Å². The summed E-state index contributed by atoms with van der Waals surface area (Å²) in [6, 6.07) is 68.6. The fourth-order valence-electron chi connectivity index (χ4n) is 7.53. The summed E-state index contributed by atoms with van der Waals surface area (Å²) in [7, 11) is 0. The van der Waals surface area contributed by atoms with E-state index in [0.717, 1.165) is 11.4 Å². The van der Waals surface area contributed by atoms with Crippen LogP contribution in [0.3, 0.4) is 0 Å². The van der Waals surface area contributed by atoms with Crippen LogP contribution in [-0.4, -0.2) is 0 Å². The molecule has 0 amide bonds. The van der Waals surface area contributed by atoms with Gasteiger partial charge in [0.05, 0.1) is 16.1 Å². The number of anilines is 3. The van der Waals surface area contributed by atoms with Crippen LogP contribution in [0.4, 0.5) is 17.1 Å². The molecule has 0 atom stereocenters. The molecule has 0 aliphatic heterocycles. The van der Waals surface area contributed by atoms with Crippen molar-refractivity contribution in [3.63, 3.8) is 0 Å². The molecule has 2 heterocycles. The van der Waals surface area contributed by atoms with E-state index in [2.05, 4.69) is 193 Å². The van der Waals surface area contributed by atoms with Crippen LogP contribution in [-0.2, 0) is 0 Å². The highest BCUT2D eigenvalue weighted by Crippen LogP contribution is 2.51. The fraction of sp³-hybridized carbons (Fsp3) is 0. The molecule has 0 saturated carbocycles. The van der Waals surface area contributed by atoms with Crippen LogP contribution in [0.25, 0.3) is 73.7 Å². The summed E-state index contributed by atoms with van der Waals surface area (Å²) in [5, 5.41) is 5.21. The van der Waals surface area contributed by atoms with E-state index in [0.29, 0.717) is 0 Å². The molecule has 0 fully saturated rings. The molecule has 3 heteroatoms. The molecule has 0 radical (unpaired) electrons. The zero-order chi connectivity index (χ0) is 33.7. The second-order valence-electron chi connectivity index (χ2n) is 12.8. The minimum absolute atomic E-state index is 1.12. The lowest BCUT2D eigenvalue weighted by Gasteiger charge is -2.30. The molecule has 0 bridgehead atoms. The molecule has 10 aromatic rings. The van der Waals surface area contributed by atoms with Gasteiger partial charge in [-0.1, -0.05) is 158 Å². The van der Waals surface area contributed by atoms with E-state index in [9.17, 15) is 0 Å². The molecule has 51 heavy (non-hydrogen) atoms. The van der Waals surface area contributed by atoms with Crippen molar-refractivity contribution >= 4 is 80.1 Å². The first-order chi connectivity index (χ1) is 25.3. The monoisotopic (exact) mass is 685 g/mol. The SMILES string of the molecule is c1ccc(-c2ccccc2N(c2ccc(-c3cccc4c3sc3ccccc34)cc2)c2c(-c3ccccc3)ccc3c2sc2ccccc23)cc1. The van der Waals surface area contributed by atoms with Crippen LogP contribution in [0.1, 0.15) is 0 Å². The number of nitrogens with zero attached hydrogens (tertiary/aromatic N) is 1. The summed E-state index contributed by atoms with van der Waals surface area (Å²) >= 11 is 3.76. The Morgan fingerprint density at radius 2 is 0.824 bits per heavy atom. The van der Waals surface area contributed by atoms with Crippen LogP contribution >= 0.6 is 22.7 Å². The maximum absolute atomic E-state index is 2.51. The number of hydrogen-bond donors (Lipinski definition) is 0. The Labute approximate surface area is 304 Å². The molecular weight excluding hydrogens is 655 g/mol. The van der Waals surface area contributed by atoms with Crippen LogP contribution < -0.4 is 4.90 Å². The minimum atomic E-state index is 1.12. The summed E-state index contributed by atoms with van der Waals surface area (Å²) in [5.74, 6) is 0. The van der Waals surface area contributed by atoms with Gasteiger partial charge in [0.25, 0.3) is 0 Å². The topological polar surface area (TPSA) is 3.24 Å². The van der Waals surface area contributed by atoms with Gasteiger partial charge in [-0.2, -0.15) is 0 Å². The van der Waals surface area contributed by atoms with Crippen LogP contribution in [0.15, 0.2) is 188 Å². The minimum Gasteiger partial charge on any atom is -0.308 e. The van der Waals surface area contributed by atoms with E-state index >= 15 is 0 Å². The lowest BCUT2D eigenvalue weighted by molar-refractivity contribution is 1.30. The van der Waals surface area contributed by atoms with Gasteiger partial charge in [-0.05, 0) is 52.6 Å². The highest BCUT2D eigenvalue weighted by Gasteiger charge is 2.25. The van der Waals surface area contributed by atoms with Crippen LogP contribution in [0, 0.1) is 0 Å². The van der Waals surface area contributed by atoms with Gasteiger partial charge in [0.1, 0.15) is 0 Å². The third kappa shape index (κ3) is 5.05. The summed E-state index contributed by atoms with van der Waals surface area (Å²) in [6.07, 6.45) is 0. The molecular formula is C48H31NS2. The van der Waals surface area contributed by atoms with Gasteiger partial charge < -0.3 is 4.90 Å². The Balaban J connectivity index is 1.24. The Bertz CT molecular complexity index is 2850. The van der Waals surface area contributed by atoms with Crippen molar-refractivity contribution in [2.45, 2.75) is 0 Å². The number of hydrogen-bond acceptors (Lipinski definition) is 3. The van der Waals surface area contributed by atoms with Crippen molar-refractivity contribution in [2.75, 3.05) is 4.90 Å². The average Bonchev–Trinajstić information content (AvgIpc) is 3.78. The molecule has 0 aliphatic rings. The standard InChI is InChI=1S/C48H31NS2/c1-3-14-32(15-4-1)36-18-7-10-23-43(36)49(35-28-26-34(27-29-35)38-21-13-22-41-39-19-8-11-24-44(39)50-47(38)41)46-37(33-16-5-2-6-17-33)30-31-42-40-20-9-12-25-45(40)51-48(42)46/h1-31H. The predicted molar refractivity (Wildman–Crippen MR) is 223 cm³/mol. The van der Waals surface area contributed by atoms with Crippen LogP contribution in [0.2, 0.25) is 0 Å². The lowest BCUT2D eigenvalue weighted by atomic mass is 9.97. The van der Waals surface area contributed by atoms with E-state index < -0.39 is 0 Å². The molecule has 8 aromatic carbocycles. The van der Waals surface area contributed by atoms with Gasteiger partial charge in [-0.25, -0.2) is 0 Å². The fourth-order valence-corrected chi connectivity index (χ4v) is 10.0. The van der Waals surface area contributed by atoms with Crippen LogP contribution in [0.5, 0.6) is 0 Å². The van der Waals surface area contributed by atoms with E-state index in [1.54, 1.807) is 0 Å². The van der Waals surface area contributed by atoms with Gasteiger partial charge in [0, 0.05) is 52.5 Å². The van der Waals surface area contributed by atoms with Crippen molar-refractivity contribution in [1.82, 2.24) is 0 Å². The van der Waals surface area contributed by atoms with E-state index in [1.807, 2.05) is 22.7 Å². The molecule has 0 N–H and O–H groups in total. The molecule has 10 rings (SSSR count). The lowest BCUT2D eigenvalue weighted by Crippen LogP contribution is -2.12. The summed E-state index contributed by atoms with van der Waals surface area (Å²) < 4.78 is 5.23. The van der Waals surface area contributed by atoms with Crippen molar-refractivity contribution in [3.8, 4) is 33.4 Å². The number of thiophene rings is 2. The zero-order valence-electron chi connectivity index (χ0n) is 27.7. The third-order valence-electron chi connectivity index (χ3n) is 9.90. The van der Waals surface area contributed by atoms with E-state index in [1.165, 1.54) is 79.4 Å². The quantitative estimate of drug-likeness (QED) is 0.168.